The summed E-state index contributed by atoms with van der Waals surface area (Å²) < 4.78 is 23.1. The molecule has 0 bridgehead atoms. The number of carbonyl (C=O) groups excluding carboxylic acids is 1. The van der Waals surface area contributed by atoms with Crippen molar-refractivity contribution in [2.75, 3.05) is 10.7 Å². The Labute approximate surface area is 124 Å². The Morgan fingerprint density at radius 2 is 2.15 bits per heavy atom. The summed E-state index contributed by atoms with van der Waals surface area (Å²) in [5.41, 5.74) is 1.54. The molecule has 6 heteroatoms. The average molecular weight is 314 g/mol. The van der Waals surface area contributed by atoms with E-state index in [1.807, 2.05) is 13.0 Å². The number of sulfone groups is 1. The second kappa shape index (κ2) is 5.58. The number of anilines is 1. The first-order valence-electron chi connectivity index (χ1n) is 6.33. The van der Waals surface area contributed by atoms with Gasteiger partial charge in [0.2, 0.25) is 5.91 Å². The molecule has 0 aromatic heterocycles. The monoisotopic (exact) mass is 313 g/mol. The van der Waals surface area contributed by atoms with E-state index in [1.165, 1.54) is 10.3 Å². The maximum absolute atomic E-state index is 12.2. The Kier molecular flexibility index (Phi) is 4.20. The standard InChI is InChI=1S/C14H16ClNO3S/c1-3-14(17)16(12-6-7-20(18,19)9-12)11-5-4-10(2)13(15)8-11/h4-8,12H,3,9H2,1-2H3. The summed E-state index contributed by atoms with van der Waals surface area (Å²) in [6.45, 7) is 3.62. The maximum atomic E-state index is 12.2. The zero-order chi connectivity index (χ0) is 14.9. The largest absolute Gasteiger partial charge is 0.304 e. The molecular weight excluding hydrogens is 298 g/mol. The van der Waals surface area contributed by atoms with Crippen LogP contribution in [0, 0.1) is 6.92 Å². The van der Waals surface area contributed by atoms with Crippen molar-refractivity contribution in [3.63, 3.8) is 0 Å². The lowest BCUT2D eigenvalue weighted by atomic mass is 10.1. The van der Waals surface area contributed by atoms with Crippen LogP contribution in [0.15, 0.2) is 29.7 Å². The summed E-state index contributed by atoms with van der Waals surface area (Å²) in [5, 5.41) is 1.73. The van der Waals surface area contributed by atoms with Gasteiger partial charge in [-0.15, -0.1) is 0 Å². The number of carbonyl (C=O) groups is 1. The van der Waals surface area contributed by atoms with Gasteiger partial charge in [-0.05, 0) is 30.7 Å². The Morgan fingerprint density at radius 1 is 1.45 bits per heavy atom. The Balaban J connectivity index is 2.41. The molecule has 4 nitrogen and oxygen atoms in total. The number of benzene rings is 1. The molecule has 1 aliphatic rings. The molecule has 108 valence electrons. The van der Waals surface area contributed by atoms with Gasteiger partial charge in [-0.1, -0.05) is 24.6 Å². The molecule has 1 aromatic rings. The Bertz CT molecular complexity index is 667. The third-order valence-corrected chi connectivity index (χ3v) is 5.03. The molecule has 1 aromatic carbocycles. The van der Waals surface area contributed by atoms with Gasteiger partial charge in [-0.3, -0.25) is 4.79 Å². The van der Waals surface area contributed by atoms with E-state index in [9.17, 15) is 13.2 Å². The topological polar surface area (TPSA) is 54.5 Å². The van der Waals surface area contributed by atoms with Crippen molar-refractivity contribution in [2.24, 2.45) is 0 Å². The molecule has 0 radical (unpaired) electrons. The van der Waals surface area contributed by atoms with Crippen molar-refractivity contribution in [2.45, 2.75) is 26.3 Å². The molecule has 1 heterocycles. The summed E-state index contributed by atoms with van der Waals surface area (Å²) in [6, 6.07) is 4.84. The van der Waals surface area contributed by atoms with Crippen LogP contribution in [0.2, 0.25) is 5.02 Å². The molecule has 0 N–H and O–H groups in total. The van der Waals surface area contributed by atoms with Crippen molar-refractivity contribution in [1.82, 2.24) is 0 Å². The lowest BCUT2D eigenvalue weighted by molar-refractivity contribution is -0.118. The third-order valence-electron chi connectivity index (χ3n) is 3.25. The van der Waals surface area contributed by atoms with Gasteiger partial charge in [0.05, 0.1) is 11.8 Å². The highest BCUT2D eigenvalue weighted by atomic mass is 35.5. The van der Waals surface area contributed by atoms with Crippen LogP contribution in [-0.2, 0) is 14.6 Å². The van der Waals surface area contributed by atoms with Crippen LogP contribution >= 0.6 is 11.6 Å². The van der Waals surface area contributed by atoms with Gasteiger partial charge < -0.3 is 4.90 Å². The van der Waals surface area contributed by atoms with E-state index >= 15 is 0 Å². The van der Waals surface area contributed by atoms with Crippen LogP contribution < -0.4 is 4.90 Å². The van der Waals surface area contributed by atoms with Crippen LogP contribution in [0.1, 0.15) is 18.9 Å². The molecule has 0 saturated heterocycles. The minimum atomic E-state index is -3.22. The van der Waals surface area contributed by atoms with Gasteiger partial charge in [-0.2, -0.15) is 0 Å². The second-order valence-corrected chi connectivity index (χ2v) is 7.11. The number of halogens is 1. The van der Waals surface area contributed by atoms with E-state index in [0.29, 0.717) is 17.1 Å². The molecule has 2 rings (SSSR count). The molecule has 1 unspecified atom stereocenters. The minimum absolute atomic E-state index is 0.0791. The maximum Gasteiger partial charge on any atom is 0.227 e. The third kappa shape index (κ3) is 3.04. The van der Waals surface area contributed by atoms with Crippen LogP contribution in [0.4, 0.5) is 5.69 Å². The van der Waals surface area contributed by atoms with Crippen molar-refractivity contribution in [3.05, 3.63) is 40.3 Å². The molecule has 20 heavy (non-hydrogen) atoms. The highest BCUT2D eigenvalue weighted by Crippen LogP contribution is 2.27. The minimum Gasteiger partial charge on any atom is -0.304 e. The normalized spacial score (nSPS) is 20.1. The molecule has 0 fully saturated rings. The highest BCUT2D eigenvalue weighted by Gasteiger charge is 2.30. The van der Waals surface area contributed by atoms with Gasteiger partial charge in [0.1, 0.15) is 0 Å². The van der Waals surface area contributed by atoms with E-state index in [0.717, 1.165) is 5.56 Å². The quantitative estimate of drug-likeness (QED) is 0.862. The zero-order valence-electron chi connectivity index (χ0n) is 11.3. The lowest BCUT2D eigenvalue weighted by Gasteiger charge is -2.27. The zero-order valence-corrected chi connectivity index (χ0v) is 12.9. The van der Waals surface area contributed by atoms with Gasteiger partial charge >= 0.3 is 0 Å². The fraction of sp³-hybridized carbons (Fsp3) is 0.357. The summed E-state index contributed by atoms with van der Waals surface area (Å²) in [5.74, 6) is -0.207. The summed E-state index contributed by atoms with van der Waals surface area (Å²) in [4.78, 5) is 13.7. The van der Waals surface area contributed by atoms with E-state index in [4.69, 9.17) is 11.6 Å². The SMILES string of the molecule is CCC(=O)N(c1ccc(C)c(Cl)c1)C1C=CS(=O)(=O)C1. The molecule has 0 saturated carbocycles. The van der Waals surface area contributed by atoms with Crippen LogP contribution in [0.3, 0.4) is 0 Å². The van der Waals surface area contributed by atoms with Crippen LogP contribution in [-0.4, -0.2) is 26.1 Å². The number of hydrogen-bond acceptors (Lipinski definition) is 3. The smallest absolute Gasteiger partial charge is 0.227 e. The van der Waals surface area contributed by atoms with E-state index in [-0.39, 0.29) is 11.7 Å². The van der Waals surface area contributed by atoms with Gasteiger partial charge in [-0.25, -0.2) is 8.42 Å². The number of rotatable bonds is 3. The number of nitrogens with zero attached hydrogens (tertiary/aromatic N) is 1. The highest BCUT2D eigenvalue weighted by molar-refractivity contribution is 7.94. The predicted molar refractivity (Wildman–Crippen MR) is 80.7 cm³/mol. The Hall–Kier alpha value is -1.33. The first kappa shape index (κ1) is 15.1. The van der Waals surface area contributed by atoms with Crippen molar-refractivity contribution < 1.29 is 13.2 Å². The number of hydrogen-bond donors (Lipinski definition) is 0. The molecule has 0 spiro atoms. The van der Waals surface area contributed by atoms with E-state index in [2.05, 4.69) is 0 Å². The van der Waals surface area contributed by atoms with Crippen molar-refractivity contribution in [3.8, 4) is 0 Å². The lowest BCUT2D eigenvalue weighted by Crippen LogP contribution is -2.40. The summed E-state index contributed by atoms with van der Waals surface area (Å²) in [6.07, 6.45) is 1.85. The van der Waals surface area contributed by atoms with Gasteiger partial charge in [0, 0.05) is 22.5 Å². The second-order valence-electron chi connectivity index (χ2n) is 4.78. The molecule has 1 aliphatic heterocycles. The fourth-order valence-corrected chi connectivity index (χ4v) is 3.59. The molecule has 0 aliphatic carbocycles. The van der Waals surface area contributed by atoms with Crippen molar-refractivity contribution >= 4 is 33.0 Å². The molecule has 1 atom stereocenters. The molecule has 1 amide bonds. The summed E-state index contributed by atoms with van der Waals surface area (Å²) in [7, 11) is -3.22. The van der Waals surface area contributed by atoms with E-state index in [1.54, 1.807) is 25.1 Å². The predicted octanol–water partition coefficient (Wildman–Crippen LogP) is 2.70. The Morgan fingerprint density at radius 3 is 2.65 bits per heavy atom. The van der Waals surface area contributed by atoms with Crippen LogP contribution in [0.25, 0.3) is 0 Å². The first-order valence-corrected chi connectivity index (χ1v) is 8.42. The molecular formula is C14H16ClNO3S. The fourth-order valence-electron chi connectivity index (χ4n) is 2.14. The first-order chi connectivity index (χ1) is 9.34. The van der Waals surface area contributed by atoms with Gasteiger partial charge in [0.15, 0.2) is 9.84 Å². The van der Waals surface area contributed by atoms with Crippen molar-refractivity contribution in [1.29, 1.82) is 0 Å². The average Bonchev–Trinajstić information content (AvgIpc) is 2.74. The summed E-state index contributed by atoms with van der Waals surface area (Å²) >= 11 is 6.09. The number of aryl methyl sites for hydroxylation is 1. The number of amides is 1. The van der Waals surface area contributed by atoms with Gasteiger partial charge in [0.25, 0.3) is 0 Å². The van der Waals surface area contributed by atoms with Crippen LogP contribution in [0.5, 0.6) is 0 Å². The van der Waals surface area contributed by atoms with E-state index < -0.39 is 15.9 Å².